The quantitative estimate of drug-likeness (QED) is 0.797. The molecule has 1 fully saturated rings. The first-order valence-electron chi connectivity index (χ1n) is 6.47. The second-order valence-electron chi connectivity index (χ2n) is 4.58. The van der Waals surface area contributed by atoms with E-state index < -0.39 is 0 Å². The van der Waals surface area contributed by atoms with Gasteiger partial charge in [0.25, 0.3) is 0 Å². The van der Waals surface area contributed by atoms with Gasteiger partial charge >= 0.3 is 5.97 Å². The predicted molar refractivity (Wildman–Crippen MR) is 76.5 cm³/mol. The Morgan fingerprint density at radius 1 is 1.42 bits per heavy atom. The lowest BCUT2D eigenvalue weighted by Crippen LogP contribution is -2.36. The van der Waals surface area contributed by atoms with E-state index in [0.29, 0.717) is 23.2 Å². The van der Waals surface area contributed by atoms with Crippen LogP contribution in [0, 0.1) is 0 Å². The summed E-state index contributed by atoms with van der Waals surface area (Å²) < 4.78 is 5.11. The molecule has 0 amide bonds. The molecule has 1 unspecified atom stereocenters. The van der Waals surface area contributed by atoms with Crippen molar-refractivity contribution in [2.75, 3.05) is 13.2 Å². The zero-order chi connectivity index (χ0) is 13.8. The van der Waals surface area contributed by atoms with Gasteiger partial charge in [-0.05, 0) is 38.4 Å². The highest BCUT2D eigenvalue weighted by atomic mass is 35.5. The van der Waals surface area contributed by atoms with Gasteiger partial charge in [0.05, 0.1) is 6.61 Å². The third-order valence-electron chi connectivity index (χ3n) is 3.35. The number of halogens is 2. The lowest BCUT2D eigenvalue weighted by molar-refractivity contribution is -0.148. The first-order chi connectivity index (χ1) is 9.13. The molecule has 104 valence electrons. The molecule has 0 bridgehead atoms. The molecule has 0 aliphatic carbocycles. The van der Waals surface area contributed by atoms with Crippen LogP contribution >= 0.6 is 23.2 Å². The normalized spacial score (nSPS) is 19.6. The summed E-state index contributed by atoms with van der Waals surface area (Å²) in [6.45, 7) is 3.69. The van der Waals surface area contributed by atoms with Crippen molar-refractivity contribution in [2.24, 2.45) is 0 Å². The van der Waals surface area contributed by atoms with Crippen LogP contribution < -0.4 is 0 Å². The first-order valence-corrected chi connectivity index (χ1v) is 7.22. The maximum Gasteiger partial charge on any atom is 0.323 e. The highest BCUT2D eigenvalue weighted by molar-refractivity contribution is 6.35. The van der Waals surface area contributed by atoms with Crippen molar-refractivity contribution in [3.63, 3.8) is 0 Å². The van der Waals surface area contributed by atoms with Crippen molar-refractivity contribution in [1.29, 1.82) is 0 Å². The number of carbonyl (C=O) groups is 1. The molecule has 1 saturated heterocycles. The largest absolute Gasteiger partial charge is 0.465 e. The maximum atomic E-state index is 11.9. The van der Waals surface area contributed by atoms with Crippen LogP contribution in [0.1, 0.15) is 25.3 Å². The molecule has 1 aliphatic rings. The number of carbonyl (C=O) groups excluding carboxylic acids is 1. The van der Waals surface area contributed by atoms with E-state index in [4.69, 9.17) is 27.9 Å². The van der Waals surface area contributed by atoms with Crippen LogP contribution in [0.2, 0.25) is 10.0 Å². The van der Waals surface area contributed by atoms with Gasteiger partial charge in [-0.2, -0.15) is 0 Å². The molecular formula is C14H17Cl2NO2. The fraction of sp³-hybridized carbons (Fsp3) is 0.500. The van der Waals surface area contributed by atoms with Crippen LogP contribution in [0.4, 0.5) is 0 Å². The first kappa shape index (κ1) is 14.6. The molecule has 0 radical (unpaired) electrons. The van der Waals surface area contributed by atoms with Gasteiger partial charge in [0, 0.05) is 22.2 Å². The molecule has 1 aromatic rings. The third kappa shape index (κ3) is 3.41. The van der Waals surface area contributed by atoms with Gasteiger partial charge in [-0.1, -0.05) is 29.3 Å². The number of nitrogens with zero attached hydrogens (tertiary/aromatic N) is 1. The van der Waals surface area contributed by atoms with E-state index in [1.165, 1.54) is 0 Å². The molecule has 3 nitrogen and oxygen atoms in total. The highest BCUT2D eigenvalue weighted by Crippen LogP contribution is 2.29. The summed E-state index contributed by atoms with van der Waals surface area (Å²) in [5.41, 5.74) is 0.877. The predicted octanol–water partition coefficient (Wildman–Crippen LogP) is 3.52. The van der Waals surface area contributed by atoms with Crippen molar-refractivity contribution in [3.05, 3.63) is 33.8 Å². The average Bonchev–Trinajstić information content (AvgIpc) is 2.82. The Morgan fingerprint density at radius 3 is 2.74 bits per heavy atom. The number of hydrogen-bond acceptors (Lipinski definition) is 3. The lowest BCUT2D eigenvalue weighted by atomic mass is 10.2. The molecule has 19 heavy (non-hydrogen) atoms. The Balaban J connectivity index is 2.11. The van der Waals surface area contributed by atoms with Crippen molar-refractivity contribution >= 4 is 29.2 Å². The SMILES string of the molecule is CCOC(=O)C1CCCN1Cc1c(Cl)cccc1Cl. The van der Waals surface area contributed by atoms with Crippen LogP contribution in [-0.2, 0) is 16.1 Å². The molecule has 0 aromatic heterocycles. The van der Waals surface area contributed by atoms with Crippen LogP contribution in [-0.4, -0.2) is 30.1 Å². The minimum absolute atomic E-state index is 0.150. The molecule has 0 N–H and O–H groups in total. The number of esters is 1. The molecule has 1 heterocycles. The molecule has 1 aliphatic heterocycles. The average molecular weight is 302 g/mol. The Bertz CT molecular complexity index is 445. The van der Waals surface area contributed by atoms with Crippen molar-refractivity contribution in [2.45, 2.75) is 32.4 Å². The van der Waals surface area contributed by atoms with Gasteiger partial charge in [-0.25, -0.2) is 0 Å². The van der Waals surface area contributed by atoms with Crippen LogP contribution in [0.5, 0.6) is 0 Å². The Kier molecular flexibility index (Phi) is 5.08. The number of hydrogen-bond donors (Lipinski definition) is 0. The second kappa shape index (κ2) is 6.60. The van der Waals surface area contributed by atoms with Gasteiger partial charge in [-0.3, -0.25) is 9.69 Å². The van der Waals surface area contributed by atoms with E-state index in [1.807, 2.05) is 25.1 Å². The fourth-order valence-electron chi connectivity index (χ4n) is 2.41. The van der Waals surface area contributed by atoms with Crippen molar-refractivity contribution in [3.8, 4) is 0 Å². The summed E-state index contributed by atoms with van der Waals surface area (Å²) in [4.78, 5) is 14.0. The van der Waals surface area contributed by atoms with E-state index in [0.717, 1.165) is 24.9 Å². The highest BCUT2D eigenvalue weighted by Gasteiger charge is 2.32. The molecular weight excluding hydrogens is 285 g/mol. The molecule has 2 rings (SSSR count). The van der Waals surface area contributed by atoms with E-state index in [9.17, 15) is 4.79 Å². The Labute approximate surface area is 123 Å². The van der Waals surface area contributed by atoms with E-state index in [-0.39, 0.29) is 12.0 Å². The number of rotatable bonds is 4. The standard InChI is InChI=1S/C14H17Cl2NO2/c1-2-19-14(18)13-7-4-8-17(13)9-10-11(15)5-3-6-12(10)16/h3,5-6,13H,2,4,7-9H2,1H3. The van der Waals surface area contributed by atoms with E-state index >= 15 is 0 Å². The van der Waals surface area contributed by atoms with Crippen molar-refractivity contribution in [1.82, 2.24) is 4.90 Å². The summed E-state index contributed by atoms with van der Waals surface area (Å²) in [5.74, 6) is -0.150. The minimum Gasteiger partial charge on any atom is -0.465 e. The van der Waals surface area contributed by atoms with Crippen LogP contribution in [0.25, 0.3) is 0 Å². The zero-order valence-electron chi connectivity index (χ0n) is 10.9. The fourth-order valence-corrected chi connectivity index (χ4v) is 2.92. The monoisotopic (exact) mass is 301 g/mol. The van der Waals surface area contributed by atoms with Crippen molar-refractivity contribution < 1.29 is 9.53 Å². The summed E-state index contributed by atoms with van der Waals surface area (Å²) in [5, 5.41) is 1.28. The molecule has 5 heteroatoms. The third-order valence-corrected chi connectivity index (χ3v) is 4.05. The van der Waals surface area contributed by atoms with Gasteiger partial charge in [-0.15, -0.1) is 0 Å². The summed E-state index contributed by atoms with van der Waals surface area (Å²) in [6.07, 6.45) is 1.83. The molecule has 0 spiro atoms. The number of ether oxygens (including phenoxy) is 1. The van der Waals surface area contributed by atoms with E-state index in [1.54, 1.807) is 0 Å². The number of likely N-dealkylation sites (tertiary alicyclic amines) is 1. The number of benzene rings is 1. The summed E-state index contributed by atoms with van der Waals surface area (Å²) in [7, 11) is 0. The Morgan fingerprint density at radius 2 is 2.11 bits per heavy atom. The zero-order valence-corrected chi connectivity index (χ0v) is 12.4. The summed E-state index contributed by atoms with van der Waals surface area (Å²) in [6, 6.07) is 5.28. The van der Waals surface area contributed by atoms with E-state index in [2.05, 4.69) is 4.90 Å². The Hall–Kier alpha value is -0.770. The molecule has 1 aromatic carbocycles. The maximum absolute atomic E-state index is 11.9. The van der Waals surface area contributed by atoms with Gasteiger partial charge in [0.2, 0.25) is 0 Å². The molecule has 1 atom stereocenters. The second-order valence-corrected chi connectivity index (χ2v) is 5.40. The lowest BCUT2D eigenvalue weighted by Gasteiger charge is -2.23. The topological polar surface area (TPSA) is 29.5 Å². The van der Waals surface area contributed by atoms with Gasteiger partial charge in [0.1, 0.15) is 6.04 Å². The van der Waals surface area contributed by atoms with Crippen LogP contribution in [0.3, 0.4) is 0 Å². The van der Waals surface area contributed by atoms with Gasteiger partial charge < -0.3 is 4.74 Å². The minimum atomic E-state index is -0.174. The summed E-state index contributed by atoms with van der Waals surface area (Å²) >= 11 is 12.3. The van der Waals surface area contributed by atoms with Gasteiger partial charge in [0.15, 0.2) is 0 Å². The smallest absolute Gasteiger partial charge is 0.323 e. The molecule has 0 saturated carbocycles. The van der Waals surface area contributed by atoms with Crippen LogP contribution in [0.15, 0.2) is 18.2 Å².